The van der Waals surface area contributed by atoms with E-state index in [0.29, 0.717) is 5.15 Å². The van der Waals surface area contributed by atoms with E-state index in [1.165, 1.54) is 19.3 Å². The monoisotopic (exact) mass is 281 g/mol. The highest BCUT2D eigenvalue weighted by molar-refractivity contribution is 6.29. The molecule has 0 aromatic carbocycles. The van der Waals surface area contributed by atoms with Crippen molar-refractivity contribution in [2.75, 3.05) is 18.0 Å². The summed E-state index contributed by atoms with van der Waals surface area (Å²) in [4.78, 5) is 11.5. The van der Waals surface area contributed by atoms with Crippen LogP contribution in [-0.2, 0) is 5.41 Å². The van der Waals surface area contributed by atoms with Crippen molar-refractivity contribution in [3.05, 3.63) is 17.0 Å². The van der Waals surface area contributed by atoms with E-state index in [1.807, 2.05) is 6.07 Å². The maximum absolute atomic E-state index is 6.17. The molecule has 1 aromatic heterocycles. The quantitative estimate of drug-likeness (QED) is 0.766. The smallest absolute Gasteiger partial charge is 0.137 e. The molecule has 0 amide bonds. The molecule has 2 heterocycles. The SMILES string of the molecule is CCC1CCCN(c2cc(Cl)nc(C(C)(C)C)n2)C1. The Labute approximate surface area is 121 Å². The number of anilines is 1. The van der Waals surface area contributed by atoms with Gasteiger partial charge >= 0.3 is 0 Å². The average Bonchev–Trinajstić information content (AvgIpc) is 2.37. The van der Waals surface area contributed by atoms with Gasteiger partial charge in [0.1, 0.15) is 16.8 Å². The van der Waals surface area contributed by atoms with Crippen molar-refractivity contribution in [2.45, 2.75) is 52.4 Å². The van der Waals surface area contributed by atoms with Crippen molar-refractivity contribution in [1.29, 1.82) is 0 Å². The maximum Gasteiger partial charge on any atom is 0.137 e. The molecule has 0 bridgehead atoms. The van der Waals surface area contributed by atoms with E-state index < -0.39 is 0 Å². The Bertz CT molecular complexity index is 440. The molecule has 0 spiro atoms. The number of halogens is 1. The van der Waals surface area contributed by atoms with Gasteiger partial charge in [0.15, 0.2) is 0 Å². The summed E-state index contributed by atoms with van der Waals surface area (Å²) in [5.41, 5.74) is -0.0698. The van der Waals surface area contributed by atoms with Gasteiger partial charge in [0.2, 0.25) is 0 Å². The average molecular weight is 282 g/mol. The number of nitrogens with zero attached hydrogens (tertiary/aromatic N) is 3. The summed E-state index contributed by atoms with van der Waals surface area (Å²) in [6.07, 6.45) is 3.81. The molecule has 1 aliphatic heterocycles. The number of aromatic nitrogens is 2. The molecule has 0 aliphatic carbocycles. The van der Waals surface area contributed by atoms with Gasteiger partial charge in [0.25, 0.3) is 0 Å². The number of rotatable bonds is 2. The van der Waals surface area contributed by atoms with Crippen LogP contribution >= 0.6 is 11.6 Å². The molecule has 0 N–H and O–H groups in total. The third-order valence-electron chi connectivity index (χ3n) is 3.77. The summed E-state index contributed by atoms with van der Waals surface area (Å²) in [6.45, 7) is 10.8. The van der Waals surface area contributed by atoms with E-state index in [0.717, 1.165) is 30.6 Å². The Hall–Kier alpha value is -0.830. The van der Waals surface area contributed by atoms with E-state index in [-0.39, 0.29) is 5.41 Å². The number of hydrogen-bond donors (Lipinski definition) is 0. The van der Waals surface area contributed by atoms with Gasteiger partial charge in [-0.15, -0.1) is 0 Å². The molecule has 19 heavy (non-hydrogen) atoms. The van der Waals surface area contributed by atoms with E-state index in [9.17, 15) is 0 Å². The minimum atomic E-state index is -0.0698. The standard InChI is InChI=1S/C15H24ClN3/c1-5-11-7-6-8-19(10-11)13-9-12(16)17-14(18-13)15(2,3)4/h9,11H,5-8,10H2,1-4H3. The zero-order valence-corrected chi connectivity index (χ0v) is 13.2. The minimum Gasteiger partial charge on any atom is -0.356 e. The Morgan fingerprint density at radius 3 is 2.74 bits per heavy atom. The van der Waals surface area contributed by atoms with Gasteiger partial charge in [-0.3, -0.25) is 0 Å². The molecular formula is C15H24ClN3. The second-order valence-corrected chi connectivity index (χ2v) is 6.87. The fraction of sp³-hybridized carbons (Fsp3) is 0.733. The second kappa shape index (κ2) is 5.66. The van der Waals surface area contributed by atoms with Crippen LogP contribution in [0.4, 0.5) is 5.82 Å². The lowest BCUT2D eigenvalue weighted by Crippen LogP contribution is -2.36. The van der Waals surface area contributed by atoms with Gasteiger partial charge in [-0.2, -0.15) is 0 Å². The lowest BCUT2D eigenvalue weighted by molar-refractivity contribution is 0.402. The largest absolute Gasteiger partial charge is 0.356 e. The molecule has 1 unspecified atom stereocenters. The topological polar surface area (TPSA) is 29.0 Å². The van der Waals surface area contributed by atoms with E-state index in [4.69, 9.17) is 16.6 Å². The van der Waals surface area contributed by atoms with Crippen molar-refractivity contribution >= 4 is 17.4 Å². The highest BCUT2D eigenvalue weighted by atomic mass is 35.5. The molecule has 4 heteroatoms. The second-order valence-electron chi connectivity index (χ2n) is 6.48. The predicted octanol–water partition coefficient (Wildman–Crippen LogP) is 4.05. The number of piperidine rings is 1. The molecule has 1 aromatic rings. The zero-order valence-electron chi connectivity index (χ0n) is 12.4. The normalized spacial score (nSPS) is 20.7. The first kappa shape index (κ1) is 14.6. The molecule has 1 saturated heterocycles. The van der Waals surface area contributed by atoms with Crippen LogP contribution in [0.2, 0.25) is 5.15 Å². The van der Waals surface area contributed by atoms with E-state index in [2.05, 4.69) is 37.6 Å². The van der Waals surface area contributed by atoms with Crippen LogP contribution in [-0.4, -0.2) is 23.1 Å². The highest BCUT2D eigenvalue weighted by Gasteiger charge is 2.23. The first-order valence-electron chi connectivity index (χ1n) is 7.20. The lowest BCUT2D eigenvalue weighted by Gasteiger charge is -2.33. The van der Waals surface area contributed by atoms with Crippen molar-refractivity contribution in [2.24, 2.45) is 5.92 Å². The Balaban J connectivity index is 2.26. The van der Waals surface area contributed by atoms with Crippen LogP contribution in [0.15, 0.2) is 6.07 Å². The van der Waals surface area contributed by atoms with Crippen LogP contribution in [0.3, 0.4) is 0 Å². The van der Waals surface area contributed by atoms with Crippen molar-refractivity contribution in [3.63, 3.8) is 0 Å². The molecule has 0 saturated carbocycles. The van der Waals surface area contributed by atoms with Crippen molar-refractivity contribution < 1.29 is 0 Å². The molecule has 106 valence electrons. The third-order valence-corrected chi connectivity index (χ3v) is 3.97. The Morgan fingerprint density at radius 2 is 2.11 bits per heavy atom. The third kappa shape index (κ3) is 3.59. The first-order valence-corrected chi connectivity index (χ1v) is 7.58. The lowest BCUT2D eigenvalue weighted by atomic mass is 9.95. The zero-order chi connectivity index (χ0) is 14.0. The number of hydrogen-bond acceptors (Lipinski definition) is 3. The Kier molecular flexibility index (Phi) is 4.34. The van der Waals surface area contributed by atoms with Gasteiger partial charge in [-0.05, 0) is 18.8 Å². The van der Waals surface area contributed by atoms with Crippen LogP contribution in [0.5, 0.6) is 0 Å². The summed E-state index contributed by atoms with van der Waals surface area (Å²) in [5.74, 6) is 2.59. The van der Waals surface area contributed by atoms with Crippen molar-refractivity contribution in [1.82, 2.24) is 9.97 Å². The molecule has 1 fully saturated rings. The van der Waals surface area contributed by atoms with Gasteiger partial charge < -0.3 is 4.90 Å². The summed E-state index contributed by atoms with van der Waals surface area (Å²) in [6, 6.07) is 1.90. The first-order chi connectivity index (χ1) is 8.90. The molecule has 1 atom stereocenters. The fourth-order valence-electron chi connectivity index (χ4n) is 2.51. The summed E-state index contributed by atoms with van der Waals surface area (Å²) in [5, 5.41) is 0.550. The van der Waals surface area contributed by atoms with E-state index >= 15 is 0 Å². The Morgan fingerprint density at radius 1 is 1.37 bits per heavy atom. The molecule has 0 radical (unpaired) electrons. The van der Waals surface area contributed by atoms with Gasteiger partial charge in [-0.25, -0.2) is 9.97 Å². The van der Waals surface area contributed by atoms with Crippen LogP contribution < -0.4 is 4.90 Å². The molecule has 3 nitrogen and oxygen atoms in total. The fourth-order valence-corrected chi connectivity index (χ4v) is 2.69. The molecule has 1 aliphatic rings. The van der Waals surface area contributed by atoms with Crippen LogP contribution in [0.25, 0.3) is 0 Å². The van der Waals surface area contributed by atoms with Crippen LogP contribution in [0, 0.1) is 5.92 Å². The molecule has 2 rings (SSSR count). The van der Waals surface area contributed by atoms with Crippen LogP contribution in [0.1, 0.15) is 52.8 Å². The maximum atomic E-state index is 6.17. The summed E-state index contributed by atoms with van der Waals surface area (Å²) >= 11 is 6.17. The van der Waals surface area contributed by atoms with Gasteiger partial charge in [0.05, 0.1) is 0 Å². The molecular weight excluding hydrogens is 258 g/mol. The summed E-state index contributed by atoms with van der Waals surface area (Å²) in [7, 11) is 0. The van der Waals surface area contributed by atoms with Gasteiger partial charge in [-0.1, -0.05) is 45.7 Å². The van der Waals surface area contributed by atoms with Crippen molar-refractivity contribution in [3.8, 4) is 0 Å². The van der Waals surface area contributed by atoms with E-state index in [1.54, 1.807) is 0 Å². The summed E-state index contributed by atoms with van der Waals surface area (Å²) < 4.78 is 0. The van der Waals surface area contributed by atoms with Gasteiger partial charge in [0, 0.05) is 24.6 Å². The minimum absolute atomic E-state index is 0.0698. The predicted molar refractivity (Wildman–Crippen MR) is 81.0 cm³/mol. The highest BCUT2D eigenvalue weighted by Crippen LogP contribution is 2.27.